The summed E-state index contributed by atoms with van der Waals surface area (Å²) < 4.78 is 0. The molecule has 0 radical (unpaired) electrons. The standard InChI is InChI=1S/C22H25N3O2S/c1-22(2,3)14-6-9-16-17(11-14)28-21-19(16)20(23-12-24-21)25-15-7-4-13(5-8-15)10-18(26)27/h4-5,7-8,12,14H,6,9-11H2,1-3H3,(H,26,27)(H,23,24,25). The lowest BCUT2D eigenvalue weighted by Gasteiger charge is -2.33. The van der Waals surface area contributed by atoms with Gasteiger partial charge in [-0.1, -0.05) is 32.9 Å². The molecule has 2 N–H and O–H groups in total. The van der Waals surface area contributed by atoms with Gasteiger partial charge in [0, 0.05) is 10.6 Å². The van der Waals surface area contributed by atoms with Crippen molar-refractivity contribution in [2.24, 2.45) is 11.3 Å². The Bertz CT molecular complexity index is 1020. The van der Waals surface area contributed by atoms with Gasteiger partial charge in [0.15, 0.2) is 0 Å². The fourth-order valence-corrected chi connectivity index (χ4v) is 5.23. The molecule has 1 atom stereocenters. The fourth-order valence-electron chi connectivity index (χ4n) is 3.96. The minimum Gasteiger partial charge on any atom is -0.481 e. The van der Waals surface area contributed by atoms with Crippen LogP contribution >= 0.6 is 11.3 Å². The second-order valence-electron chi connectivity index (χ2n) is 8.60. The van der Waals surface area contributed by atoms with Gasteiger partial charge >= 0.3 is 5.97 Å². The molecule has 1 unspecified atom stereocenters. The molecule has 146 valence electrons. The maximum Gasteiger partial charge on any atom is 0.307 e. The van der Waals surface area contributed by atoms with E-state index in [1.807, 2.05) is 24.3 Å². The van der Waals surface area contributed by atoms with E-state index in [2.05, 4.69) is 36.1 Å². The topological polar surface area (TPSA) is 75.1 Å². The van der Waals surface area contributed by atoms with E-state index in [-0.39, 0.29) is 6.42 Å². The molecule has 0 aliphatic heterocycles. The Morgan fingerprint density at radius 3 is 2.68 bits per heavy atom. The number of carbonyl (C=O) groups is 1. The number of rotatable bonds is 4. The molecule has 1 aromatic carbocycles. The smallest absolute Gasteiger partial charge is 0.307 e. The Morgan fingerprint density at radius 2 is 2.00 bits per heavy atom. The Morgan fingerprint density at radius 1 is 1.25 bits per heavy atom. The van der Waals surface area contributed by atoms with Crippen LogP contribution in [0.2, 0.25) is 0 Å². The zero-order valence-corrected chi connectivity index (χ0v) is 17.3. The summed E-state index contributed by atoms with van der Waals surface area (Å²) in [7, 11) is 0. The number of benzene rings is 1. The summed E-state index contributed by atoms with van der Waals surface area (Å²) in [5, 5.41) is 13.5. The van der Waals surface area contributed by atoms with Crippen molar-refractivity contribution in [1.29, 1.82) is 0 Å². The SMILES string of the molecule is CC(C)(C)C1CCc2c(sc3ncnc(Nc4ccc(CC(=O)O)cc4)c23)C1. The predicted molar refractivity (Wildman–Crippen MR) is 113 cm³/mol. The number of hydrogen-bond acceptors (Lipinski definition) is 5. The van der Waals surface area contributed by atoms with Crippen molar-refractivity contribution >= 4 is 39.0 Å². The lowest BCUT2D eigenvalue weighted by molar-refractivity contribution is -0.136. The van der Waals surface area contributed by atoms with Gasteiger partial charge in [0.2, 0.25) is 0 Å². The number of nitrogens with one attached hydrogen (secondary N) is 1. The summed E-state index contributed by atoms with van der Waals surface area (Å²) in [5.41, 5.74) is 3.40. The van der Waals surface area contributed by atoms with Crippen LogP contribution in [0.15, 0.2) is 30.6 Å². The normalized spacial score (nSPS) is 16.8. The van der Waals surface area contributed by atoms with Gasteiger partial charge in [-0.3, -0.25) is 4.79 Å². The molecule has 1 aliphatic rings. The summed E-state index contributed by atoms with van der Waals surface area (Å²) in [5.74, 6) is 0.707. The molecule has 5 nitrogen and oxygen atoms in total. The van der Waals surface area contributed by atoms with Crippen LogP contribution in [0.5, 0.6) is 0 Å². The molecule has 2 aromatic heterocycles. The first kappa shape index (κ1) is 18.9. The summed E-state index contributed by atoms with van der Waals surface area (Å²) >= 11 is 1.80. The van der Waals surface area contributed by atoms with Crippen molar-refractivity contribution in [2.45, 2.75) is 46.5 Å². The second kappa shape index (κ2) is 7.17. The largest absolute Gasteiger partial charge is 0.481 e. The Hall–Kier alpha value is -2.47. The van der Waals surface area contributed by atoms with Crippen LogP contribution in [0.25, 0.3) is 10.2 Å². The number of thiophene rings is 1. The van der Waals surface area contributed by atoms with Crippen LogP contribution in [0, 0.1) is 11.3 Å². The number of fused-ring (bicyclic) bond motifs is 3. The van der Waals surface area contributed by atoms with Crippen molar-refractivity contribution in [3.63, 3.8) is 0 Å². The molecule has 4 rings (SSSR count). The van der Waals surface area contributed by atoms with E-state index >= 15 is 0 Å². The number of hydrogen-bond donors (Lipinski definition) is 2. The molecule has 0 bridgehead atoms. The van der Waals surface area contributed by atoms with Gasteiger partial charge in [-0.2, -0.15) is 0 Å². The van der Waals surface area contributed by atoms with E-state index in [0.29, 0.717) is 11.3 Å². The molecule has 0 amide bonds. The van der Waals surface area contributed by atoms with Crippen molar-refractivity contribution in [2.75, 3.05) is 5.32 Å². The first-order chi connectivity index (χ1) is 13.3. The highest BCUT2D eigenvalue weighted by Crippen LogP contribution is 2.44. The van der Waals surface area contributed by atoms with Crippen molar-refractivity contribution in [3.05, 3.63) is 46.6 Å². The molecular weight excluding hydrogens is 370 g/mol. The molecule has 0 spiro atoms. The Kier molecular flexibility index (Phi) is 4.83. The highest BCUT2D eigenvalue weighted by Gasteiger charge is 2.31. The minimum atomic E-state index is -0.823. The predicted octanol–water partition coefficient (Wildman–Crippen LogP) is 5.21. The first-order valence-electron chi connectivity index (χ1n) is 9.64. The molecule has 2 heterocycles. The van der Waals surface area contributed by atoms with Crippen LogP contribution in [0.1, 0.15) is 43.2 Å². The van der Waals surface area contributed by atoms with E-state index in [1.165, 1.54) is 16.9 Å². The van der Waals surface area contributed by atoms with E-state index in [0.717, 1.165) is 40.1 Å². The number of aliphatic carboxylic acids is 1. The molecule has 28 heavy (non-hydrogen) atoms. The van der Waals surface area contributed by atoms with Crippen LogP contribution in [0.3, 0.4) is 0 Å². The van der Waals surface area contributed by atoms with Gasteiger partial charge in [-0.15, -0.1) is 11.3 Å². The Balaban J connectivity index is 1.64. The van der Waals surface area contributed by atoms with E-state index < -0.39 is 5.97 Å². The van der Waals surface area contributed by atoms with Crippen LogP contribution in [-0.2, 0) is 24.1 Å². The Labute approximate surface area is 168 Å². The number of nitrogens with zero attached hydrogens (tertiary/aromatic N) is 2. The van der Waals surface area contributed by atoms with Gasteiger partial charge in [0.25, 0.3) is 0 Å². The average molecular weight is 396 g/mol. The average Bonchev–Trinajstić information content (AvgIpc) is 3.01. The third-order valence-corrected chi connectivity index (χ3v) is 6.80. The number of anilines is 2. The number of aryl methyl sites for hydroxylation is 1. The third kappa shape index (κ3) is 3.74. The zero-order valence-electron chi connectivity index (χ0n) is 16.5. The number of aromatic nitrogens is 2. The van der Waals surface area contributed by atoms with Gasteiger partial charge in [-0.05, 0) is 53.9 Å². The summed E-state index contributed by atoms with van der Waals surface area (Å²) in [6.45, 7) is 6.99. The maximum absolute atomic E-state index is 10.9. The van der Waals surface area contributed by atoms with Gasteiger partial charge < -0.3 is 10.4 Å². The van der Waals surface area contributed by atoms with Crippen LogP contribution in [-0.4, -0.2) is 21.0 Å². The molecular formula is C22H25N3O2S. The molecule has 0 saturated carbocycles. The highest BCUT2D eigenvalue weighted by molar-refractivity contribution is 7.19. The van der Waals surface area contributed by atoms with E-state index in [9.17, 15) is 4.79 Å². The monoisotopic (exact) mass is 395 g/mol. The zero-order chi connectivity index (χ0) is 19.9. The fraction of sp³-hybridized carbons (Fsp3) is 0.409. The molecule has 6 heteroatoms. The first-order valence-corrected chi connectivity index (χ1v) is 10.5. The minimum absolute atomic E-state index is 0.0328. The van der Waals surface area contributed by atoms with Gasteiger partial charge in [-0.25, -0.2) is 9.97 Å². The third-order valence-electron chi connectivity index (χ3n) is 5.64. The van der Waals surface area contributed by atoms with Crippen LogP contribution in [0.4, 0.5) is 11.5 Å². The number of carboxylic acid groups (broad SMARTS) is 1. The van der Waals surface area contributed by atoms with Gasteiger partial charge in [0.05, 0.1) is 11.8 Å². The number of carboxylic acids is 1. The highest BCUT2D eigenvalue weighted by atomic mass is 32.1. The lowest BCUT2D eigenvalue weighted by atomic mass is 9.72. The van der Waals surface area contributed by atoms with Gasteiger partial charge in [0.1, 0.15) is 17.0 Å². The van der Waals surface area contributed by atoms with E-state index in [4.69, 9.17) is 5.11 Å². The second-order valence-corrected chi connectivity index (χ2v) is 9.69. The molecule has 0 fully saturated rings. The van der Waals surface area contributed by atoms with E-state index in [1.54, 1.807) is 17.7 Å². The molecule has 0 saturated heterocycles. The lowest BCUT2D eigenvalue weighted by Crippen LogP contribution is -2.26. The quantitative estimate of drug-likeness (QED) is 0.634. The van der Waals surface area contributed by atoms with Crippen molar-refractivity contribution in [3.8, 4) is 0 Å². The van der Waals surface area contributed by atoms with Crippen molar-refractivity contribution < 1.29 is 9.90 Å². The van der Waals surface area contributed by atoms with Crippen molar-refractivity contribution in [1.82, 2.24) is 9.97 Å². The summed E-state index contributed by atoms with van der Waals surface area (Å²) in [6.07, 6.45) is 5.03. The maximum atomic E-state index is 10.9. The molecule has 1 aliphatic carbocycles. The molecule has 3 aromatic rings. The summed E-state index contributed by atoms with van der Waals surface area (Å²) in [6, 6.07) is 7.49. The summed E-state index contributed by atoms with van der Waals surface area (Å²) in [4.78, 5) is 22.4. The van der Waals surface area contributed by atoms with Crippen LogP contribution < -0.4 is 5.32 Å².